The average molecular weight is 298 g/mol. The van der Waals surface area contributed by atoms with E-state index in [-0.39, 0.29) is 11.6 Å². The van der Waals surface area contributed by atoms with E-state index < -0.39 is 23.0 Å². The lowest BCUT2D eigenvalue weighted by Crippen LogP contribution is -2.26. The molecule has 0 N–H and O–H groups in total. The number of nitrogens with zero attached hydrogens (tertiary/aromatic N) is 2. The van der Waals surface area contributed by atoms with Crippen molar-refractivity contribution in [2.24, 2.45) is 0 Å². The van der Waals surface area contributed by atoms with Crippen molar-refractivity contribution < 1.29 is 27.9 Å². The molecule has 0 amide bonds. The average Bonchev–Trinajstić information content (AvgIpc) is 2.40. The Morgan fingerprint density at radius 2 is 2.00 bits per heavy atom. The van der Waals surface area contributed by atoms with Gasteiger partial charge in [0.2, 0.25) is 5.75 Å². The summed E-state index contributed by atoms with van der Waals surface area (Å²) in [7, 11) is 0. The monoisotopic (exact) mass is 298 g/mol. The van der Waals surface area contributed by atoms with E-state index in [1.807, 2.05) is 0 Å². The number of halogens is 2. The number of aromatic nitrogens is 1. The molecule has 21 heavy (non-hydrogen) atoms. The largest absolute Gasteiger partial charge is 0.616 e. The van der Waals surface area contributed by atoms with E-state index >= 15 is 0 Å². The van der Waals surface area contributed by atoms with Crippen molar-refractivity contribution in [3.63, 3.8) is 0 Å². The van der Waals surface area contributed by atoms with Gasteiger partial charge in [0.1, 0.15) is 5.75 Å². The summed E-state index contributed by atoms with van der Waals surface area (Å²) in [6, 6.07) is 7.39. The molecule has 2 aromatic rings. The summed E-state index contributed by atoms with van der Waals surface area (Å²) in [5, 5.41) is 22.1. The normalized spacial score (nSPS) is 10.4. The topological polar surface area (TPSA) is 88.5 Å². The molecule has 0 unspecified atom stereocenters. The molecule has 0 aliphatic carbocycles. The van der Waals surface area contributed by atoms with Crippen LogP contribution in [-0.2, 0) is 0 Å². The highest BCUT2D eigenvalue weighted by atomic mass is 19.3. The van der Waals surface area contributed by atoms with Crippen molar-refractivity contribution in [2.75, 3.05) is 0 Å². The zero-order valence-corrected chi connectivity index (χ0v) is 10.3. The number of alkyl halides is 2. The number of pyridine rings is 1. The van der Waals surface area contributed by atoms with Crippen LogP contribution in [0.4, 0.5) is 14.5 Å². The first-order valence-electron chi connectivity index (χ1n) is 5.56. The fourth-order valence-corrected chi connectivity index (χ4v) is 1.51. The Labute approximate surface area is 116 Å². The van der Waals surface area contributed by atoms with Gasteiger partial charge in [0.05, 0.1) is 11.0 Å². The molecule has 9 heteroatoms. The molecule has 0 saturated heterocycles. The van der Waals surface area contributed by atoms with Gasteiger partial charge >= 0.3 is 18.2 Å². The predicted octanol–water partition coefficient (Wildman–Crippen LogP) is 2.62. The lowest BCUT2D eigenvalue weighted by Gasteiger charge is -2.08. The summed E-state index contributed by atoms with van der Waals surface area (Å²) >= 11 is 0. The predicted molar refractivity (Wildman–Crippen MR) is 65.2 cm³/mol. The van der Waals surface area contributed by atoms with Crippen LogP contribution >= 0.6 is 0 Å². The molecule has 1 heterocycles. The van der Waals surface area contributed by atoms with Crippen molar-refractivity contribution >= 4 is 5.69 Å². The third-order valence-electron chi connectivity index (χ3n) is 2.36. The van der Waals surface area contributed by atoms with Crippen LogP contribution in [0.25, 0.3) is 0 Å². The number of benzene rings is 1. The van der Waals surface area contributed by atoms with Crippen LogP contribution < -0.4 is 14.2 Å². The van der Waals surface area contributed by atoms with Crippen molar-refractivity contribution in [2.45, 2.75) is 6.61 Å². The van der Waals surface area contributed by atoms with Crippen LogP contribution in [0.3, 0.4) is 0 Å². The molecular weight excluding hydrogens is 290 g/mol. The fraction of sp³-hybridized carbons (Fsp3) is 0.0833. The molecule has 1 aromatic heterocycles. The van der Waals surface area contributed by atoms with Crippen LogP contribution in [0, 0.1) is 15.3 Å². The summed E-state index contributed by atoms with van der Waals surface area (Å²) in [5.74, 6) is -0.817. The van der Waals surface area contributed by atoms with Gasteiger partial charge in [-0.1, -0.05) is 0 Å². The molecule has 0 atom stereocenters. The van der Waals surface area contributed by atoms with Gasteiger partial charge < -0.3 is 14.7 Å². The van der Waals surface area contributed by atoms with E-state index in [0.29, 0.717) is 4.73 Å². The van der Waals surface area contributed by atoms with Gasteiger partial charge in [-0.3, -0.25) is 10.1 Å². The van der Waals surface area contributed by atoms with E-state index in [9.17, 15) is 24.1 Å². The molecule has 0 aliphatic rings. The highest BCUT2D eigenvalue weighted by Crippen LogP contribution is 2.33. The Kier molecular flexibility index (Phi) is 4.12. The molecule has 7 nitrogen and oxygen atoms in total. The van der Waals surface area contributed by atoms with E-state index in [4.69, 9.17) is 4.74 Å². The molecule has 0 bridgehead atoms. The van der Waals surface area contributed by atoms with Crippen molar-refractivity contribution in [3.05, 3.63) is 57.9 Å². The summed E-state index contributed by atoms with van der Waals surface area (Å²) in [5.41, 5.74) is -0.634. The molecule has 110 valence electrons. The Hall–Kier alpha value is -2.97. The van der Waals surface area contributed by atoms with Crippen molar-refractivity contribution in [3.8, 4) is 17.4 Å². The van der Waals surface area contributed by atoms with Gasteiger partial charge in [-0.05, 0) is 12.1 Å². The smallest absolute Gasteiger partial charge is 0.387 e. The summed E-state index contributed by atoms with van der Waals surface area (Å²) in [6.07, 6.45) is 1.18. The van der Waals surface area contributed by atoms with E-state index in [0.717, 1.165) is 12.1 Å². The minimum Gasteiger partial charge on any atom is -0.616 e. The van der Waals surface area contributed by atoms with Gasteiger partial charge in [-0.15, -0.1) is 4.73 Å². The number of ether oxygens (including phenoxy) is 2. The molecule has 0 saturated carbocycles. The number of nitro groups is 1. The maximum absolute atomic E-state index is 12.2. The zero-order chi connectivity index (χ0) is 15.4. The third-order valence-corrected chi connectivity index (χ3v) is 2.36. The van der Waals surface area contributed by atoms with Crippen LogP contribution in [0.5, 0.6) is 17.4 Å². The van der Waals surface area contributed by atoms with Gasteiger partial charge in [-0.25, -0.2) is 0 Å². The first-order valence-corrected chi connectivity index (χ1v) is 5.56. The van der Waals surface area contributed by atoms with Crippen LogP contribution in [0.1, 0.15) is 0 Å². The molecule has 0 aliphatic heterocycles. The van der Waals surface area contributed by atoms with Gasteiger partial charge in [0.25, 0.3) is 0 Å². The minimum atomic E-state index is -3.22. The second-order valence-corrected chi connectivity index (χ2v) is 3.73. The maximum atomic E-state index is 12.2. The fourth-order valence-electron chi connectivity index (χ4n) is 1.51. The van der Waals surface area contributed by atoms with Gasteiger partial charge in [0.15, 0.2) is 6.20 Å². The summed E-state index contributed by atoms with van der Waals surface area (Å²) < 4.78 is 34.1. The first kappa shape index (κ1) is 14.4. The third kappa shape index (κ3) is 3.53. The Balaban J connectivity index is 2.33. The Morgan fingerprint density at radius 1 is 1.24 bits per heavy atom. The number of rotatable bonds is 5. The van der Waals surface area contributed by atoms with E-state index in [1.54, 1.807) is 0 Å². The van der Waals surface area contributed by atoms with E-state index in [1.165, 1.54) is 30.5 Å². The molecule has 2 rings (SSSR count). The lowest BCUT2D eigenvalue weighted by molar-refractivity contribution is -0.611. The zero-order valence-electron chi connectivity index (χ0n) is 10.3. The SMILES string of the molecule is O=[N+]([O-])c1ccc(Oc2cccc[n+]2[O-])cc1OC(F)F. The van der Waals surface area contributed by atoms with Crippen LogP contribution in [0.15, 0.2) is 42.6 Å². The number of hydrogen-bond acceptors (Lipinski definition) is 5. The van der Waals surface area contributed by atoms with E-state index in [2.05, 4.69) is 4.74 Å². The molecule has 0 fully saturated rings. The summed E-state index contributed by atoms with van der Waals surface area (Å²) in [4.78, 5) is 9.85. The number of nitro benzene ring substituents is 1. The Bertz CT molecular complexity index is 666. The summed E-state index contributed by atoms with van der Waals surface area (Å²) in [6.45, 7) is -3.22. The second-order valence-electron chi connectivity index (χ2n) is 3.73. The highest BCUT2D eigenvalue weighted by Gasteiger charge is 2.20. The Morgan fingerprint density at radius 3 is 2.62 bits per heavy atom. The number of hydrogen-bond donors (Lipinski definition) is 0. The standard InChI is InChI=1S/C12H8F2N2O5/c13-12(14)21-10-7-8(4-5-9(10)16(18)19)20-11-3-1-2-6-15(11)17/h1-7,12H. The van der Waals surface area contributed by atoms with Crippen molar-refractivity contribution in [1.82, 2.24) is 0 Å². The van der Waals surface area contributed by atoms with Gasteiger partial charge in [0, 0.05) is 18.2 Å². The quantitative estimate of drug-likeness (QED) is 0.366. The molecule has 1 aromatic carbocycles. The first-order chi connectivity index (χ1) is 9.97. The molecular formula is C12H8F2N2O5. The second kappa shape index (κ2) is 5.99. The minimum absolute atomic E-state index is 0.0490. The van der Waals surface area contributed by atoms with Crippen LogP contribution in [0.2, 0.25) is 0 Å². The highest BCUT2D eigenvalue weighted by molar-refractivity contribution is 5.51. The van der Waals surface area contributed by atoms with Crippen LogP contribution in [-0.4, -0.2) is 11.5 Å². The lowest BCUT2D eigenvalue weighted by atomic mass is 10.3. The molecule has 0 radical (unpaired) electrons. The maximum Gasteiger partial charge on any atom is 0.387 e. The van der Waals surface area contributed by atoms with Crippen molar-refractivity contribution in [1.29, 1.82) is 0 Å². The van der Waals surface area contributed by atoms with Gasteiger partial charge in [-0.2, -0.15) is 8.78 Å². The molecule has 0 spiro atoms.